The zero-order valence-electron chi connectivity index (χ0n) is 19.0. The third-order valence-corrected chi connectivity index (χ3v) is 7.42. The van der Waals surface area contributed by atoms with Crippen molar-refractivity contribution >= 4 is 21.4 Å². The second kappa shape index (κ2) is 9.41. The number of sulfonamides is 1. The van der Waals surface area contributed by atoms with Gasteiger partial charge >= 0.3 is 0 Å². The maximum Gasteiger partial charge on any atom is 0.244 e. The lowest BCUT2D eigenvalue weighted by Gasteiger charge is -2.31. The molecule has 0 fully saturated rings. The predicted octanol–water partition coefficient (Wildman–Crippen LogP) is 3.98. The summed E-state index contributed by atoms with van der Waals surface area (Å²) in [5.74, 6) is -0.539. The molecule has 1 unspecified atom stereocenters. The predicted molar refractivity (Wildman–Crippen MR) is 129 cm³/mol. The minimum Gasteiger partial charge on any atom is -0.495 e. The van der Waals surface area contributed by atoms with E-state index in [0.717, 1.165) is 36.0 Å². The van der Waals surface area contributed by atoms with Crippen molar-refractivity contribution < 1.29 is 17.5 Å². The van der Waals surface area contributed by atoms with Crippen molar-refractivity contribution in [1.29, 1.82) is 0 Å². The lowest BCUT2D eigenvalue weighted by Crippen LogP contribution is -2.37. The number of hydrogen-bond acceptors (Lipinski definition) is 5. The second-order valence-corrected chi connectivity index (χ2v) is 9.96. The largest absolute Gasteiger partial charge is 0.495 e. The summed E-state index contributed by atoms with van der Waals surface area (Å²) in [5, 5.41) is 0. The van der Waals surface area contributed by atoms with Crippen molar-refractivity contribution in [3.63, 3.8) is 0 Å². The molecule has 0 saturated carbocycles. The maximum atomic E-state index is 13.8. The second-order valence-electron chi connectivity index (χ2n) is 8.22. The number of methoxy groups -OCH3 is 1. The Bertz CT molecular complexity index is 1230. The van der Waals surface area contributed by atoms with Gasteiger partial charge in [-0.15, -0.1) is 0 Å². The Morgan fingerprint density at radius 1 is 1.09 bits per heavy atom. The molecule has 1 aliphatic rings. The zero-order valence-corrected chi connectivity index (χ0v) is 19.8. The van der Waals surface area contributed by atoms with Crippen LogP contribution in [0.15, 0.2) is 71.6 Å². The van der Waals surface area contributed by atoms with Gasteiger partial charge < -0.3 is 14.5 Å². The molecular formula is C25H28FN3O3S. The molecule has 33 heavy (non-hydrogen) atoms. The molecular weight excluding hydrogens is 441 g/mol. The molecule has 3 aromatic rings. The van der Waals surface area contributed by atoms with Crippen LogP contribution in [0.5, 0.6) is 5.75 Å². The highest BCUT2D eigenvalue weighted by molar-refractivity contribution is 7.89. The molecule has 1 aliphatic heterocycles. The highest BCUT2D eigenvalue weighted by Gasteiger charge is 2.29. The van der Waals surface area contributed by atoms with E-state index in [2.05, 4.69) is 21.8 Å². The van der Waals surface area contributed by atoms with Gasteiger partial charge in [0.05, 0.1) is 13.2 Å². The van der Waals surface area contributed by atoms with Crippen molar-refractivity contribution in [2.24, 2.45) is 0 Å². The summed E-state index contributed by atoms with van der Waals surface area (Å²) in [5.41, 5.74) is 4.39. The number of rotatable bonds is 8. The van der Waals surface area contributed by atoms with E-state index in [9.17, 15) is 12.8 Å². The number of hydrogen-bond donors (Lipinski definition) is 1. The van der Waals surface area contributed by atoms with E-state index in [1.165, 1.54) is 24.8 Å². The number of nitrogens with zero attached hydrogens (tertiary/aromatic N) is 2. The summed E-state index contributed by atoms with van der Waals surface area (Å²) in [6.07, 6.45) is 0.896. The first-order valence-corrected chi connectivity index (χ1v) is 12.2. The van der Waals surface area contributed by atoms with E-state index in [0.29, 0.717) is 0 Å². The van der Waals surface area contributed by atoms with Crippen LogP contribution >= 0.6 is 0 Å². The van der Waals surface area contributed by atoms with Crippen molar-refractivity contribution in [3.8, 4) is 5.75 Å². The summed E-state index contributed by atoms with van der Waals surface area (Å²) < 4.78 is 47.9. The smallest absolute Gasteiger partial charge is 0.244 e. The van der Waals surface area contributed by atoms with Crippen LogP contribution in [0, 0.1) is 5.82 Å². The van der Waals surface area contributed by atoms with Gasteiger partial charge in [-0.05, 0) is 53.9 Å². The van der Waals surface area contributed by atoms with Gasteiger partial charge in [0.25, 0.3) is 0 Å². The van der Waals surface area contributed by atoms with Crippen LogP contribution in [-0.2, 0) is 16.4 Å². The third kappa shape index (κ3) is 4.82. The van der Waals surface area contributed by atoms with Gasteiger partial charge in [-0.3, -0.25) is 0 Å². The molecule has 4 rings (SSSR count). The Hall–Kier alpha value is -3.10. The topological polar surface area (TPSA) is 61.9 Å². The molecule has 1 N–H and O–H groups in total. The van der Waals surface area contributed by atoms with E-state index in [4.69, 9.17) is 4.74 Å². The average Bonchev–Trinajstić information content (AvgIpc) is 3.23. The molecule has 0 radical (unpaired) electrons. The summed E-state index contributed by atoms with van der Waals surface area (Å²) in [7, 11) is 1.31. The number of halogens is 1. The lowest BCUT2D eigenvalue weighted by molar-refractivity contribution is 0.400. The average molecular weight is 470 g/mol. The van der Waals surface area contributed by atoms with Crippen LogP contribution in [-0.4, -0.2) is 42.7 Å². The summed E-state index contributed by atoms with van der Waals surface area (Å²) in [6, 6.07) is 19.5. The van der Waals surface area contributed by atoms with Crippen LogP contribution < -0.4 is 19.3 Å². The van der Waals surface area contributed by atoms with Crippen molar-refractivity contribution in [2.75, 3.05) is 44.1 Å². The van der Waals surface area contributed by atoms with Gasteiger partial charge in [-0.1, -0.05) is 30.3 Å². The first kappa shape index (κ1) is 23.1. The first-order valence-electron chi connectivity index (χ1n) is 10.7. The SMILES string of the molecule is COc1ccc(F)cc1S(=O)(=O)NCC(c1ccc(N(C)C)cc1)N1CCc2ccccc21. The molecule has 0 amide bonds. The molecule has 1 atom stereocenters. The Morgan fingerprint density at radius 2 is 1.82 bits per heavy atom. The Kier molecular flexibility index (Phi) is 6.58. The Morgan fingerprint density at radius 3 is 2.52 bits per heavy atom. The highest BCUT2D eigenvalue weighted by atomic mass is 32.2. The monoisotopic (exact) mass is 469 g/mol. The molecule has 6 nitrogen and oxygen atoms in total. The molecule has 0 saturated heterocycles. The Balaban J connectivity index is 1.67. The zero-order chi connectivity index (χ0) is 23.6. The number of anilines is 2. The van der Waals surface area contributed by atoms with E-state index in [1.807, 2.05) is 55.4 Å². The number of fused-ring (bicyclic) bond motifs is 1. The summed E-state index contributed by atoms with van der Waals surface area (Å²) in [6.45, 7) is 0.905. The first-order chi connectivity index (χ1) is 15.8. The van der Waals surface area contributed by atoms with E-state index in [1.54, 1.807) is 0 Å². The number of ether oxygens (including phenoxy) is 1. The normalized spacial score (nSPS) is 14.1. The van der Waals surface area contributed by atoms with Crippen LogP contribution in [0.25, 0.3) is 0 Å². The summed E-state index contributed by atoms with van der Waals surface area (Å²) in [4.78, 5) is 4.03. The number of para-hydroxylation sites is 1. The highest BCUT2D eigenvalue weighted by Crippen LogP contribution is 2.35. The van der Waals surface area contributed by atoms with E-state index in [-0.39, 0.29) is 23.2 Å². The molecule has 1 heterocycles. The lowest BCUT2D eigenvalue weighted by atomic mass is 10.0. The fourth-order valence-electron chi connectivity index (χ4n) is 4.22. The maximum absolute atomic E-state index is 13.8. The molecule has 0 bridgehead atoms. The Labute approximate surface area is 194 Å². The van der Waals surface area contributed by atoms with Crippen LogP contribution in [0.1, 0.15) is 17.2 Å². The molecule has 174 valence electrons. The fraction of sp³-hybridized carbons (Fsp3) is 0.280. The molecule has 8 heteroatoms. The summed E-state index contributed by atoms with van der Waals surface area (Å²) >= 11 is 0. The minimum atomic E-state index is -4.01. The molecule has 0 spiro atoms. The van der Waals surface area contributed by atoms with Gasteiger partial charge in [0.2, 0.25) is 10.0 Å². The van der Waals surface area contributed by atoms with E-state index < -0.39 is 15.8 Å². The van der Waals surface area contributed by atoms with Crippen LogP contribution in [0.4, 0.5) is 15.8 Å². The van der Waals surface area contributed by atoms with Crippen molar-refractivity contribution in [1.82, 2.24) is 4.72 Å². The van der Waals surface area contributed by atoms with Gasteiger partial charge in [0.1, 0.15) is 16.5 Å². The quantitative estimate of drug-likeness (QED) is 0.541. The van der Waals surface area contributed by atoms with Gasteiger partial charge in [0.15, 0.2) is 0 Å². The van der Waals surface area contributed by atoms with Crippen LogP contribution in [0.2, 0.25) is 0 Å². The van der Waals surface area contributed by atoms with Crippen molar-refractivity contribution in [3.05, 3.63) is 83.7 Å². The van der Waals surface area contributed by atoms with Crippen molar-refractivity contribution in [2.45, 2.75) is 17.4 Å². The standard InChI is InChI=1S/C25H28FN3O3S/c1-28(2)21-11-8-19(9-12-21)23(29-15-14-18-6-4-5-7-22(18)29)17-27-33(30,31)25-16-20(26)10-13-24(25)32-3/h4-13,16,23,27H,14-15,17H2,1-3H3. The molecule has 0 aromatic heterocycles. The van der Waals surface area contributed by atoms with Gasteiger partial charge in [0, 0.05) is 38.6 Å². The van der Waals surface area contributed by atoms with Gasteiger partial charge in [-0.2, -0.15) is 0 Å². The third-order valence-electron chi connectivity index (χ3n) is 5.98. The molecule has 0 aliphatic carbocycles. The van der Waals surface area contributed by atoms with E-state index >= 15 is 0 Å². The minimum absolute atomic E-state index is 0.0994. The fourth-order valence-corrected chi connectivity index (χ4v) is 5.43. The number of nitrogens with one attached hydrogen (secondary N) is 1. The van der Waals surface area contributed by atoms with Gasteiger partial charge in [-0.25, -0.2) is 17.5 Å². The van der Waals surface area contributed by atoms with Crippen LogP contribution in [0.3, 0.4) is 0 Å². The molecule has 3 aromatic carbocycles. The number of benzene rings is 3.